The Labute approximate surface area is 86.1 Å². The number of thioether (sulfide) groups is 1. The van der Waals surface area contributed by atoms with Crippen molar-refractivity contribution in [3.8, 4) is 6.07 Å². The van der Waals surface area contributed by atoms with Crippen molar-refractivity contribution in [2.45, 2.75) is 38.6 Å². The molecule has 0 spiro atoms. The highest BCUT2D eigenvalue weighted by Gasteiger charge is 1.98. The molecule has 0 aromatic heterocycles. The van der Waals surface area contributed by atoms with E-state index < -0.39 is 0 Å². The summed E-state index contributed by atoms with van der Waals surface area (Å²) < 4.78 is 0. The second kappa shape index (κ2) is 9.88. The van der Waals surface area contributed by atoms with Crippen LogP contribution in [0.15, 0.2) is 0 Å². The fourth-order valence-corrected chi connectivity index (χ4v) is 1.66. The van der Waals surface area contributed by atoms with Crippen LogP contribution in [0.1, 0.15) is 32.6 Å². The largest absolute Gasteiger partial charge is 0.314 e. The SMILES string of the molecule is CSCCC(C)NCCCCC#N. The van der Waals surface area contributed by atoms with Crippen molar-refractivity contribution in [1.82, 2.24) is 5.32 Å². The number of hydrogen-bond acceptors (Lipinski definition) is 3. The van der Waals surface area contributed by atoms with Gasteiger partial charge in [-0.15, -0.1) is 0 Å². The second-order valence-corrected chi connectivity index (χ2v) is 4.24. The van der Waals surface area contributed by atoms with E-state index in [9.17, 15) is 0 Å². The quantitative estimate of drug-likeness (QED) is 0.611. The second-order valence-electron chi connectivity index (χ2n) is 3.25. The van der Waals surface area contributed by atoms with E-state index in [4.69, 9.17) is 5.26 Å². The molecule has 0 aliphatic rings. The zero-order chi connectivity index (χ0) is 9.94. The molecule has 3 heteroatoms. The van der Waals surface area contributed by atoms with Gasteiger partial charge in [0.1, 0.15) is 0 Å². The predicted molar refractivity (Wildman–Crippen MR) is 59.9 cm³/mol. The molecule has 0 bridgehead atoms. The molecule has 0 aromatic rings. The summed E-state index contributed by atoms with van der Waals surface area (Å²) in [6.07, 6.45) is 6.22. The molecule has 0 aliphatic carbocycles. The summed E-state index contributed by atoms with van der Waals surface area (Å²) in [5.74, 6) is 1.23. The third-order valence-electron chi connectivity index (χ3n) is 1.96. The Bertz CT molecular complexity index is 142. The molecular formula is C10H20N2S. The van der Waals surface area contributed by atoms with Gasteiger partial charge < -0.3 is 5.32 Å². The number of nitrogens with zero attached hydrogens (tertiary/aromatic N) is 1. The third kappa shape index (κ3) is 9.72. The first-order valence-electron chi connectivity index (χ1n) is 4.90. The predicted octanol–water partition coefficient (Wildman–Crippen LogP) is 2.41. The molecule has 1 unspecified atom stereocenters. The van der Waals surface area contributed by atoms with Crippen LogP contribution < -0.4 is 5.32 Å². The molecule has 0 aliphatic heterocycles. The van der Waals surface area contributed by atoms with Crippen molar-refractivity contribution < 1.29 is 0 Å². The van der Waals surface area contributed by atoms with Crippen molar-refractivity contribution in [2.75, 3.05) is 18.6 Å². The Kier molecular flexibility index (Phi) is 9.73. The fourth-order valence-electron chi connectivity index (χ4n) is 1.07. The van der Waals surface area contributed by atoms with Gasteiger partial charge in [0.15, 0.2) is 0 Å². The average molecular weight is 200 g/mol. The van der Waals surface area contributed by atoms with Crippen LogP contribution in [0.5, 0.6) is 0 Å². The summed E-state index contributed by atoms with van der Waals surface area (Å²) >= 11 is 1.89. The molecule has 0 radical (unpaired) electrons. The van der Waals surface area contributed by atoms with Gasteiger partial charge in [0.25, 0.3) is 0 Å². The van der Waals surface area contributed by atoms with Crippen molar-refractivity contribution in [2.24, 2.45) is 0 Å². The summed E-state index contributed by atoms with van der Waals surface area (Å²) in [5, 5.41) is 11.8. The lowest BCUT2D eigenvalue weighted by atomic mass is 10.2. The number of nitriles is 1. The molecule has 0 aromatic carbocycles. The molecule has 0 rings (SSSR count). The van der Waals surface area contributed by atoms with Crippen LogP contribution >= 0.6 is 11.8 Å². The summed E-state index contributed by atoms with van der Waals surface area (Å²) in [6.45, 7) is 3.28. The molecule has 0 saturated carbocycles. The molecule has 76 valence electrons. The lowest BCUT2D eigenvalue weighted by Gasteiger charge is -2.12. The van der Waals surface area contributed by atoms with Crippen molar-refractivity contribution in [3.05, 3.63) is 0 Å². The Hall–Kier alpha value is -0.200. The van der Waals surface area contributed by atoms with Gasteiger partial charge in [0, 0.05) is 12.5 Å². The fraction of sp³-hybridized carbons (Fsp3) is 0.900. The highest BCUT2D eigenvalue weighted by atomic mass is 32.2. The minimum absolute atomic E-state index is 0.620. The van der Waals surface area contributed by atoms with Gasteiger partial charge in [-0.1, -0.05) is 0 Å². The maximum atomic E-state index is 8.32. The number of rotatable bonds is 8. The molecule has 0 fully saturated rings. The van der Waals surface area contributed by atoms with E-state index in [0.29, 0.717) is 12.5 Å². The summed E-state index contributed by atoms with van der Waals surface area (Å²) in [6, 6.07) is 2.78. The van der Waals surface area contributed by atoms with Crippen LogP contribution in [0.2, 0.25) is 0 Å². The molecule has 0 saturated heterocycles. The molecule has 0 amide bonds. The van der Waals surface area contributed by atoms with Crippen molar-refractivity contribution in [1.29, 1.82) is 5.26 Å². The maximum Gasteiger partial charge on any atom is 0.0621 e. The normalized spacial score (nSPS) is 12.4. The summed E-state index contributed by atoms with van der Waals surface area (Å²) in [7, 11) is 0. The summed E-state index contributed by atoms with van der Waals surface area (Å²) in [5.41, 5.74) is 0. The van der Waals surface area contributed by atoms with E-state index in [0.717, 1.165) is 19.4 Å². The average Bonchev–Trinajstić information content (AvgIpc) is 2.14. The lowest BCUT2D eigenvalue weighted by Crippen LogP contribution is -2.27. The van der Waals surface area contributed by atoms with Crippen LogP contribution in [0.25, 0.3) is 0 Å². The van der Waals surface area contributed by atoms with Gasteiger partial charge in [-0.2, -0.15) is 17.0 Å². The minimum atomic E-state index is 0.620. The monoisotopic (exact) mass is 200 g/mol. The van der Waals surface area contributed by atoms with Crippen LogP contribution in [0.3, 0.4) is 0 Å². The topological polar surface area (TPSA) is 35.8 Å². The smallest absolute Gasteiger partial charge is 0.0621 e. The van der Waals surface area contributed by atoms with E-state index >= 15 is 0 Å². The molecule has 2 nitrogen and oxygen atoms in total. The van der Waals surface area contributed by atoms with Gasteiger partial charge in [-0.05, 0) is 44.7 Å². The minimum Gasteiger partial charge on any atom is -0.314 e. The van der Waals surface area contributed by atoms with Crippen molar-refractivity contribution in [3.63, 3.8) is 0 Å². The Morgan fingerprint density at radius 3 is 2.85 bits per heavy atom. The number of nitrogens with one attached hydrogen (secondary N) is 1. The van der Waals surface area contributed by atoms with E-state index in [2.05, 4.69) is 24.6 Å². The number of hydrogen-bond donors (Lipinski definition) is 1. The standard InChI is InChI=1S/C10H20N2S/c1-10(6-9-13-2)12-8-5-3-4-7-11/h10,12H,3-6,8-9H2,1-2H3. The zero-order valence-electron chi connectivity index (χ0n) is 8.68. The molecule has 1 N–H and O–H groups in total. The van der Waals surface area contributed by atoms with Crippen LogP contribution in [0.4, 0.5) is 0 Å². The molecule has 0 heterocycles. The van der Waals surface area contributed by atoms with Crippen LogP contribution in [-0.4, -0.2) is 24.6 Å². The van der Waals surface area contributed by atoms with Gasteiger partial charge in [0.05, 0.1) is 6.07 Å². The molecule has 13 heavy (non-hydrogen) atoms. The first-order chi connectivity index (χ1) is 6.31. The zero-order valence-corrected chi connectivity index (χ0v) is 9.49. The van der Waals surface area contributed by atoms with Crippen molar-refractivity contribution >= 4 is 11.8 Å². The van der Waals surface area contributed by atoms with E-state index in [1.807, 2.05) is 11.8 Å². The Morgan fingerprint density at radius 1 is 1.46 bits per heavy atom. The van der Waals surface area contributed by atoms with Gasteiger partial charge in [0.2, 0.25) is 0 Å². The third-order valence-corrected chi connectivity index (χ3v) is 2.61. The number of unbranched alkanes of at least 4 members (excludes halogenated alkanes) is 2. The Morgan fingerprint density at radius 2 is 2.23 bits per heavy atom. The van der Waals surface area contributed by atoms with E-state index in [1.165, 1.54) is 12.2 Å². The lowest BCUT2D eigenvalue weighted by molar-refractivity contribution is 0.520. The maximum absolute atomic E-state index is 8.32. The highest BCUT2D eigenvalue weighted by Crippen LogP contribution is 2.00. The van der Waals surface area contributed by atoms with E-state index in [1.54, 1.807) is 0 Å². The van der Waals surface area contributed by atoms with E-state index in [-0.39, 0.29) is 0 Å². The van der Waals surface area contributed by atoms with Gasteiger partial charge >= 0.3 is 0 Å². The Balaban J connectivity index is 3.08. The summed E-state index contributed by atoms with van der Waals surface area (Å²) in [4.78, 5) is 0. The first kappa shape index (κ1) is 12.8. The van der Waals surface area contributed by atoms with Gasteiger partial charge in [-0.3, -0.25) is 0 Å². The highest BCUT2D eigenvalue weighted by molar-refractivity contribution is 7.98. The van der Waals surface area contributed by atoms with Crippen LogP contribution in [-0.2, 0) is 0 Å². The first-order valence-corrected chi connectivity index (χ1v) is 6.30. The van der Waals surface area contributed by atoms with Crippen LogP contribution in [0, 0.1) is 11.3 Å². The molecule has 1 atom stereocenters. The molecular weight excluding hydrogens is 180 g/mol. The van der Waals surface area contributed by atoms with Gasteiger partial charge in [-0.25, -0.2) is 0 Å².